The molecule has 1 unspecified atom stereocenters. The van der Waals surface area contributed by atoms with E-state index in [1.165, 1.54) is 7.11 Å². The minimum absolute atomic E-state index is 0.0893. The van der Waals surface area contributed by atoms with Crippen LogP contribution in [0.25, 0.3) is 21.9 Å². The molecule has 0 bridgehead atoms. The standard InChI is InChI=1S/C18H18N2O6/c1-3-25-16(21)8-11(10-20(22)23)12-4-5-14(24-2)18-17(12)13-6-7-19-9-15(13)26-18/h4-7,9,11H,3,8,10H2,1-2H3. The molecule has 26 heavy (non-hydrogen) atoms. The van der Waals surface area contributed by atoms with Crippen molar-refractivity contribution in [2.24, 2.45) is 0 Å². The molecule has 1 aromatic carbocycles. The predicted octanol–water partition coefficient (Wildman–Crippen LogP) is 3.30. The first kappa shape index (κ1) is 17.7. The van der Waals surface area contributed by atoms with Gasteiger partial charge in [-0.1, -0.05) is 6.07 Å². The highest BCUT2D eigenvalue weighted by molar-refractivity contribution is 6.08. The Bertz CT molecular complexity index is 965. The quantitative estimate of drug-likeness (QED) is 0.362. The largest absolute Gasteiger partial charge is 0.493 e. The van der Waals surface area contributed by atoms with E-state index in [-0.39, 0.29) is 13.0 Å². The Labute approximate surface area is 148 Å². The average Bonchev–Trinajstić information content (AvgIpc) is 3.00. The van der Waals surface area contributed by atoms with E-state index >= 15 is 0 Å². The third-order valence-electron chi connectivity index (χ3n) is 4.17. The zero-order valence-corrected chi connectivity index (χ0v) is 14.4. The number of methoxy groups -OCH3 is 1. The second kappa shape index (κ2) is 7.38. The summed E-state index contributed by atoms with van der Waals surface area (Å²) in [7, 11) is 1.52. The Balaban J connectivity index is 2.20. The van der Waals surface area contributed by atoms with Crippen LogP contribution in [0.1, 0.15) is 24.8 Å². The molecule has 0 radical (unpaired) electrons. The van der Waals surface area contributed by atoms with Gasteiger partial charge in [-0.2, -0.15) is 0 Å². The molecular formula is C18H18N2O6. The zero-order chi connectivity index (χ0) is 18.7. The fourth-order valence-corrected chi connectivity index (χ4v) is 3.11. The summed E-state index contributed by atoms with van der Waals surface area (Å²) in [5.74, 6) is -0.611. The summed E-state index contributed by atoms with van der Waals surface area (Å²) >= 11 is 0. The van der Waals surface area contributed by atoms with Crippen LogP contribution in [0.5, 0.6) is 5.75 Å². The van der Waals surface area contributed by atoms with E-state index in [4.69, 9.17) is 13.9 Å². The van der Waals surface area contributed by atoms with Crippen LogP contribution in [0.4, 0.5) is 0 Å². The first-order valence-electron chi connectivity index (χ1n) is 8.15. The van der Waals surface area contributed by atoms with Crippen molar-refractivity contribution in [3.8, 4) is 5.75 Å². The Hall–Kier alpha value is -3.16. The number of aromatic nitrogens is 1. The minimum atomic E-state index is -0.647. The molecule has 0 aliphatic heterocycles. The van der Waals surface area contributed by atoms with Gasteiger partial charge in [0.05, 0.1) is 32.3 Å². The smallest absolute Gasteiger partial charge is 0.306 e. The molecule has 2 aromatic heterocycles. The van der Waals surface area contributed by atoms with Gasteiger partial charge in [0, 0.05) is 21.9 Å². The molecule has 0 amide bonds. The number of rotatable bonds is 7. The third kappa shape index (κ3) is 3.30. The second-order valence-electron chi connectivity index (χ2n) is 5.76. The Morgan fingerprint density at radius 2 is 2.19 bits per heavy atom. The number of carbonyl (C=O) groups is 1. The maximum absolute atomic E-state index is 12.0. The molecule has 136 valence electrons. The SMILES string of the molecule is CCOC(=O)CC(C[N+](=O)[O-])c1ccc(OC)c2oc3cnccc3c12. The molecule has 3 aromatic rings. The maximum Gasteiger partial charge on any atom is 0.306 e. The van der Waals surface area contributed by atoms with E-state index in [0.717, 1.165) is 5.39 Å². The molecular weight excluding hydrogens is 340 g/mol. The normalized spacial score (nSPS) is 12.2. The van der Waals surface area contributed by atoms with Crippen LogP contribution in [-0.4, -0.2) is 36.1 Å². The van der Waals surface area contributed by atoms with Crippen molar-refractivity contribution in [3.05, 3.63) is 46.3 Å². The van der Waals surface area contributed by atoms with Gasteiger partial charge in [-0.25, -0.2) is 0 Å². The number of nitrogens with zero attached hydrogens (tertiary/aromatic N) is 2. The van der Waals surface area contributed by atoms with Crippen molar-refractivity contribution >= 4 is 27.9 Å². The molecule has 0 saturated heterocycles. The summed E-state index contributed by atoms with van der Waals surface area (Å²) in [5.41, 5.74) is 1.67. The van der Waals surface area contributed by atoms with E-state index < -0.39 is 23.4 Å². The molecule has 8 heteroatoms. The van der Waals surface area contributed by atoms with Gasteiger partial charge in [0.15, 0.2) is 16.9 Å². The molecule has 0 fully saturated rings. The number of furan rings is 1. The molecule has 1 atom stereocenters. The lowest BCUT2D eigenvalue weighted by atomic mass is 9.91. The Morgan fingerprint density at radius 3 is 2.88 bits per heavy atom. The predicted molar refractivity (Wildman–Crippen MR) is 93.9 cm³/mol. The van der Waals surface area contributed by atoms with Crippen molar-refractivity contribution in [1.82, 2.24) is 4.98 Å². The number of hydrogen-bond donors (Lipinski definition) is 0. The zero-order valence-electron chi connectivity index (χ0n) is 14.4. The van der Waals surface area contributed by atoms with Gasteiger partial charge in [-0.05, 0) is 24.6 Å². The number of esters is 1. The Morgan fingerprint density at radius 1 is 1.38 bits per heavy atom. The molecule has 2 heterocycles. The molecule has 8 nitrogen and oxygen atoms in total. The lowest BCUT2D eigenvalue weighted by Crippen LogP contribution is -2.18. The number of hydrogen-bond acceptors (Lipinski definition) is 7. The van der Waals surface area contributed by atoms with Gasteiger partial charge in [-0.3, -0.25) is 19.9 Å². The average molecular weight is 358 g/mol. The molecule has 0 saturated carbocycles. The number of fused-ring (bicyclic) bond motifs is 3. The van der Waals surface area contributed by atoms with Crippen LogP contribution < -0.4 is 4.74 Å². The number of carbonyl (C=O) groups excluding carboxylic acids is 1. The van der Waals surface area contributed by atoms with E-state index in [9.17, 15) is 14.9 Å². The minimum Gasteiger partial charge on any atom is -0.493 e. The molecule has 0 spiro atoms. The van der Waals surface area contributed by atoms with E-state index in [1.54, 1.807) is 37.5 Å². The number of benzene rings is 1. The topological polar surface area (TPSA) is 105 Å². The van der Waals surface area contributed by atoms with Crippen molar-refractivity contribution in [2.75, 3.05) is 20.3 Å². The van der Waals surface area contributed by atoms with Crippen molar-refractivity contribution in [3.63, 3.8) is 0 Å². The van der Waals surface area contributed by atoms with Crippen molar-refractivity contribution < 1.29 is 23.6 Å². The molecule has 0 aliphatic carbocycles. The van der Waals surface area contributed by atoms with Gasteiger partial charge in [0.1, 0.15) is 0 Å². The lowest BCUT2D eigenvalue weighted by Gasteiger charge is -2.14. The van der Waals surface area contributed by atoms with Gasteiger partial charge in [0.2, 0.25) is 6.54 Å². The first-order chi connectivity index (χ1) is 12.5. The van der Waals surface area contributed by atoms with E-state index in [0.29, 0.717) is 27.9 Å². The fourth-order valence-electron chi connectivity index (χ4n) is 3.11. The molecule has 0 N–H and O–H groups in total. The van der Waals surface area contributed by atoms with Crippen molar-refractivity contribution in [2.45, 2.75) is 19.3 Å². The van der Waals surface area contributed by atoms with Crippen LogP contribution >= 0.6 is 0 Å². The second-order valence-corrected chi connectivity index (χ2v) is 5.76. The number of nitro groups is 1. The lowest BCUT2D eigenvalue weighted by molar-refractivity contribution is -0.483. The van der Waals surface area contributed by atoms with Gasteiger partial charge >= 0.3 is 5.97 Å². The van der Waals surface area contributed by atoms with E-state index in [2.05, 4.69) is 4.98 Å². The third-order valence-corrected chi connectivity index (χ3v) is 4.17. The van der Waals surface area contributed by atoms with Crippen LogP contribution in [0.3, 0.4) is 0 Å². The maximum atomic E-state index is 12.0. The highest BCUT2D eigenvalue weighted by atomic mass is 16.6. The highest BCUT2D eigenvalue weighted by Crippen LogP contribution is 2.40. The summed E-state index contributed by atoms with van der Waals surface area (Å²) in [5, 5.41) is 12.6. The van der Waals surface area contributed by atoms with Crippen LogP contribution in [0.15, 0.2) is 35.0 Å². The fraction of sp³-hybridized carbons (Fsp3) is 0.333. The van der Waals surface area contributed by atoms with Crippen molar-refractivity contribution in [1.29, 1.82) is 0 Å². The molecule has 0 aliphatic rings. The molecule has 3 rings (SSSR count). The van der Waals surface area contributed by atoms with E-state index in [1.807, 2.05) is 0 Å². The monoisotopic (exact) mass is 358 g/mol. The van der Waals surface area contributed by atoms with Crippen LogP contribution in [-0.2, 0) is 9.53 Å². The number of pyridine rings is 1. The van der Waals surface area contributed by atoms with Crippen LogP contribution in [0, 0.1) is 10.1 Å². The van der Waals surface area contributed by atoms with Crippen LogP contribution in [0.2, 0.25) is 0 Å². The van der Waals surface area contributed by atoms with Gasteiger partial charge in [-0.15, -0.1) is 0 Å². The summed E-state index contributed by atoms with van der Waals surface area (Å²) in [6, 6.07) is 5.20. The summed E-state index contributed by atoms with van der Waals surface area (Å²) in [6.45, 7) is 1.53. The Kier molecular flexibility index (Phi) is 5.01. The highest BCUT2D eigenvalue weighted by Gasteiger charge is 2.27. The van der Waals surface area contributed by atoms with Gasteiger partial charge < -0.3 is 13.9 Å². The number of ether oxygens (including phenoxy) is 2. The summed E-state index contributed by atoms with van der Waals surface area (Å²) < 4.78 is 16.2. The summed E-state index contributed by atoms with van der Waals surface area (Å²) in [4.78, 5) is 26.8. The van der Waals surface area contributed by atoms with Gasteiger partial charge in [0.25, 0.3) is 0 Å². The summed E-state index contributed by atoms with van der Waals surface area (Å²) in [6.07, 6.45) is 3.11. The first-order valence-corrected chi connectivity index (χ1v) is 8.15.